The first kappa shape index (κ1) is 17.6. The Balaban J connectivity index is 1.68. The van der Waals surface area contributed by atoms with Crippen molar-refractivity contribution in [2.75, 3.05) is 6.54 Å². The van der Waals surface area contributed by atoms with Crippen molar-refractivity contribution in [2.45, 2.75) is 37.7 Å². The second-order valence-corrected chi connectivity index (χ2v) is 6.67. The van der Waals surface area contributed by atoms with E-state index < -0.39 is 5.60 Å². The number of aliphatic hydroxyl groups is 1. The summed E-state index contributed by atoms with van der Waals surface area (Å²) in [5, 5.41) is 13.6. The minimum atomic E-state index is -0.824. The first-order valence-electron chi connectivity index (χ1n) is 8.30. The third-order valence-electron chi connectivity index (χ3n) is 4.32. The first-order valence-corrected chi connectivity index (χ1v) is 8.68. The van der Waals surface area contributed by atoms with Crippen molar-refractivity contribution < 1.29 is 14.6 Å². The van der Waals surface area contributed by atoms with Gasteiger partial charge in [0.2, 0.25) is 5.88 Å². The maximum atomic E-state index is 12.5. The van der Waals surface area contributed by atoms with Crippen LogP contribution in [0, 0.1) is 0 Å². The number of benzene rings is 1. The fourth-order valence-corrected chi connectivity index (χ4v) is 3.13. The molecule has 0 atom stereocenters. The van der Waals surface area contributed by atoms with Crippen LogP contribution < -0.4 is 10.1 Å². The number of aromatic nitrogens is 2. The summed E-state index contributed by atoms with van der Waals surface area (Å²) in [4.78, 5) is 20.3. The van der Waals surface area contributed by atoms with Crippen molar-refractivity contribution in [1.82, 2.24) is 15.3 Å². The Morgan fingerprint density at radius 1 is 1.28 bits per heavy atom. The van der Waals surface area contributed by atoms with Crippen molar-refractivity contribution >= 4 is 17.5 Å². The number of rotatable bonds is 5. The zero-order valence-corrected chi connectivity index (χ0v) is 14.5. The monoisotopic (exact) mass is 361 g/mol. The normalized spacial score (nSPS) is 16.2. The molecule has 1 aliphatic carbocycles. The highest BCUT2D eigenvalue weighted by Gasteiger charge is 2.29. The van der Waals surface area contributed by atoms with Crippen LogP contribution in [-0.2, 0) is 0 Å². The molecular formula is C18H20ClN3O3. The van der Waals surface area contributed by atoms with Crippen LogP contribution in [-0.4, -0.2) is 33.1 Å². The minimum Gasteiger partial charge on any atom is -0.439 e. The maximum Gasteiger partial charge on any atom is 0.253 e. The van der Waals surface area contributed by atoms with Crippen molar-refractivity contribution in [3.63, 3.8) is 0 Å². The maximum absolute atomic E-state index is 12.5. The van der Waals surface area contributed by atoms with E-state index in [0.29, 0.717) is 35.1 Å². The summed E-state index contributed by atoms with van der Waals surface area (Å²) in [6, 6.07) is 6.44. The van der Waals surface area contributed by atoms with Gasteiger partial charge in [0.25, 0.3) is 5.91 Å². The van der Waals surface area contributed by atoms with E-state index in [1.807, 2.05) is 0 Å². The summed E-state index contributed by atoms with van der Waals surface area (Å²) in [6.07, 6.45) is 7.45. The molecule has 1 aromatic carbocycles. The number of carbonyl (C=O) groups excluding carboxylic acids is 1. The van der Waals surface area contributed by atoms with Gasteiger partial charge in [-0.25, -0.2) is 9.97 Å². The molecule has 1 saturated carbocycles. The van der Waals surface area contributed by atoms with E-state index in [9.17, 15) is 9.90 Å². The fourth-order valence-electron chi connectivity index (χ4n) is 2.93. The van der Waals surface area contributed by atoms with Gasteiger partial charge in [-0.15, -0.1) is 0 Å². The lowest BCUT2D eigenvalue weighted by Gasteiger charge is -2.32. The Kier molecular flexibility index (Phi) is 5.50. The molecule has 2 N–H and O–H groups in total. The predicted molar refractivity (Wildman–Crippen MR) is 93.9 cm³/mol. The smallest absolute Gasteiger partial charge is 0.253 e. The van der Waals surface area contributed by atoms with E-state index in [1.165, 1.54) is 6.33 Å². The standard InChI is InChI=1S/C18H20ClN3O3/c19-15-5-4-13(25-16-6-9-20-12-22-16)10-14(15)17(23)21-11-18(24)7-2-1-3-8-18/h4-6,9-10,12,24H,1-3,7-8,11H2,(H,21,23). The average Bonchev–Trinajstić information content (AvgIpc) is 2.63. The Morgan fingerprint density at radius 2 is 2.08 bits per heavy atom. The topological polar surface area (TPSA) is 84.3 Å². The molecule has 3 rings (SSSR count). The van der Waals surface area contributed by atoms with E-state index in [-0.39, 0.29) is 12.5 Å². The highest BCUT2D eigenvalue weighted by Crippen LogP contribution is 2.28. The first-order chi connectivity index (χ1) is 12.1. The Hall–Kier alpha value is -2.18. The summed E-state index contributed by atoms with van der Waals surface area (Å²) in [7, 11) is 0. The van der Waals surface area contributed by atoms with Crippen molar-refractivity contribution in [3.05, 3.63) is 47.4 Å². The van der Waals surface area contributed by atoms with E-state index in [1.54, 1.807) is 30.5 Å². The van der Waals surface area contributed by atoms with E-state index in [0.717, 1.165) is 19.3 Å². The molecule has 132 valence electrons. The highest BCUT2D eigenvalue weighted by molar-refractivity contribution is 6.33. The molecule has 0 saturated heterocycles. The molecular weight excluding hydrogens is 342 g/mol. The largest absolute Gasteiger partial charge is 0.439 e. The number of amides is 1. The third kappa shape index (κ3) is 4.67. The van der Waals surface area contributed by atoms with Crippen LogP contribution in [0.25, 0.3) is 0 Å². The quantitative estimate of drug-likeness (QED) is 0.853. The number of carbonyl (C=O) groups is 1. The molecule has 2 aromatic rings. The SMILES string of the molecule is O=C(NCC1(O)CCCCC1)c1cc(Oc2ccncn2)ccc1Cl. The number of hydrogen-bond acceptors (Lipinski definition) is 5. The molecule has 1 aliphatic rings. The number of nitrogens with zero attached hydrogens (tertiary/aromatic N) is 2. The summed E-state index contributed by atoms with van der Waals surface area (Å²) in [5.74, 6) is 0.488. The van der Waals surface area contributed by atoms with Gasteiger partial charge in [0, 0.05) is 18.8 Å². The summed E-state index contributed by atoms with van der Waals surface area (Å²) >= 11 is 6.15. The van der Waals surface area contributed by atoms with E-state index in [2.05, 4.69) is 15.3 Å². The summed E-state index contributed by atoms with van der Waals surface area (Å²) in [6.45, 7) is 0.221. The molecule has 0 radical (unpaired) electrons. The second kappa shape index (κ2) is 7.80. The molecule has 0 aliphatic heterocycles. The lowest BCUT2D eigenvalue weighted by molar-refractivity contribution is 0.00526. The lowest BCUT2D eigenvalue weighted by atomic mass is 9.85. The van der Waals surface area contributed by atoms with Crippen LogP contribution in [0.3, 0.4) is 0 Å². The molecule has 1 fully saturated rings. The van der Waals surface area contributed by atoms with Crippen molar-refractivity contribution in [2.24, 2.45) is 0 Å². The molecule has 1 heterocycles. The summed E-state index contributed by atoms with van der Waals surface area (Å²) in [5.41, 5.74) is -0.525. The predicted octanol–water partition coefficient (Wildman–Crippen LogP) is 3.35. The van der Waals surface area contributed by atoms with Gasteiger partial charge in [0.05, 0.1) is 16.2 Å². The third-order valence-corrected chi connectivity index (χ3v) is 4.65. The van der Waals surface area contributed by atoms with Gasteiger partial charge in [0.1, 0.15) is 12.1 Å². The van der Waals surface area contributed by atoms with Crippen LogP contribution in [0.4, 0.5) is 0 Å². The molecule has 1 aromatic heterocycles. The second-order valence-electron chi connectivity index (χ2n) is 6.26. The Labute approximate surface area is 151 Å². The van der Waals surface area contributed by atoms with Gasteiger partial charge in [-0.3, -0.25) is 4.79 Å². The molecule has 1 amide bonds. The fraction of sp³-hybridized carbons (Fsp3) is 0.389. The van der Waals surface area contributed by atoms with Gasteiger partial charge in [0.15, 0.2) is 0 Å². The van der Waals surface area contributed by atoms with Gasteiger partial charge in [-0.2, -0.15) is 0 Å². The van der Waals surface area contributed by atoms with E-state index in [4.69, 9.17) is 16.3 Å². The Bertz CT molecular complexity index is 734. The molecule has 0 spiro atoms. The van der Waals surface area contributed by atoms with Gasteiger partial charge >= 0.3 is 0 Å². The number of nitrogens with one attached hydrogen (secondary N) is 1. The molecule has 0 unspecified atom stereocenters. The highest BCUT2D eigenvalue weighted by atomic mass is 35.5. The Morgan fingerprint density at radius 3 is 2.80 bits per heavy atom. The van der Waals surface area contributed by atoms with Crippen molar-refractivity contribution in [1.29, 1.82) is 0 Å². The van der Waals surface area contributed by atoms with Gasteiger partial charge in [-0.05, 0) is 31.0 Å². The van der Waals surface area contributed by atoms with Crippen LogP contribution in [0.2, 0.25) is 5.02 Å². The van der Waals surface area contributed by atoms with Crippen LogP contribution in [0.5, 0.6) is 11.6 Å². The van der Waals surface area contributed by atoms with Crippen molar-refractivity contribution in [3.8, 4) is 11.6 Å². The van der Waals surface area contributed by atoms with Crippen LogP contribution in [0.15, 0.2) is 36.8 Å². The number of hydrogen-bond donors (Lipinski definition) is 2. The molecule has 25 heavy (non-hydrogen) atoms. The van der Waals surface area contributed by atoms with Crippen LogP contribution in [0.1, 0.15) is 42.5 Å². The lowest BCUT2D eigenvalue weighted by Crippen LogP contribution is -2.44. The zero-order valence-electron chi connectivity index (χ0n) is 13.7. The van der Waals surface area contributed by atoms with Gasteiger partial charge < -0.3 is 15.2 Å². The average molecular weight is 362 g/mol. The number of halogens is 1. The molecule has 0 bridgehead atoms. The summed E-state index contributed by atoms with van der Waals surface area (Å²) < 4.78 is 5.60. The van der Waals surface area contributed by atoms with Crippen LogP contribution >= 0.6 is 11.6 Å². The minimum absolute atomic E-state index is 0.221. The van der Waals surface area contributed by atoms with Gasteiger partial charge in [-0.1, -0.05) is 30.9 Å². The number of ether oxygens (including phenoxy) is 1. The zero-order chi connectivity index (χ0) is 17.7. The molecule has 7 heteroatoms. The van der Waals surface area contributed by atoms with E-state index >= 15 is 0 Å². The molecule has 6 nitrogen and oxygen atoms in total.